The molecule has 3 heteroatoms. The lowest BCUT2D eigenvalue weighted by molar-refractivity contribution is 0.290. The van der Waals surface area contributed by atoms with Crippen molar-refractivity contribution in [3.05, 3.63) is 35.6 Å². The highest BCUT2D eigenvalue weighted by Crippen LogP contribution is 2.47. The molecule has 1 aromatic carbocycles. The molecule has 1 saturated heterocycles. The third kappa shape index (κ3) is 1.66. The van der Waals surface area contributed by atoms with Crippen LogP contribution in [0.25, 0.3) is 0 Å². The summed E-state index contributed by atoms with van der Waals surface area (Å²) in [6.07, 6.45) is 1.19. The molecule has 2 nitrogen and oxygen atoms in total. The van der Waals surface area contributed by atoms with Gasteiger partial charge in [0.05, 0.1) is 0 Å². The average molecular weight is 206 g/mol. The van der Waals surface area contributed by atoms with Crippen molar-refractivity contribution in [1.29, 1.82) is 0 Å². The van der Waals surface area contributed by atoms with Gasteiger partial charge in [0.1, 0.15) is 5.82 Å². The number of benzene rings is 1. The average Bonchev–Trinajstić information content (AvgIpc) is 2.70. The molecule has 1 heterocycles. The second-order valence-electron chi connectivity index (χ2n) is 4.93. The fourth-order valence-electron chi connectivity index (χ4n) is 2.60. The van der Waals surface area contributed by atoms with Gasteiger partial charge in [-0.05, 0) is 30.0 Å². The van der Waals surface area contributed by atoms with Crippen molar-refractivity contribution >= 4 is 0 Å². The minimum absolute atomic E-state index is 0.111. The third-order valence-corrected chi connectivity index (χ3v) is 3.60. The molecule has 0 radical (unpaired) electrons. The number of likely N-dealkylation sites (tertiary alicyclic amines) is 1. The Balaban J connectivity index is 1.64. The van der Waals surface area contributed by atoms with Crippen LogP contribution >= 0.6 is 0 Å². The van der Waals surface area contributed by atoms with E-state index < -0.39 is 0 Å². The summed E-state index contributed by atoms with van der Waals surface area (Å²) < 4.78 is 12.7. The van der Waals surface area contributed by atoms with Gasteiger partial charge in [-0.1, -0.05) is 12.1 Å². The van der Waals surface area contributed by atoms with Crippen LogP contribution in [0.5, 0.6) is 0 Å². The third-order valence-electron chi connectivity index (χ3n) is 3.60. The quantitative estimate of drug-likeness (QED) is 0.791. The summed E-state index contributed by atoms with van der Waals surface area (Å²) in [6, 6.07) is 6.74. The summed E-state index contributed by atoms with van der Waals surface area (Å²) in [5, 5.41) is 0. The first-order chi connectivity index (χ1) is 7.16. The van der Waals surface area contributed by atoms with E-state index in [9.17, 15) is 4.39 Å². The zero-order valence-electron chi connectivity index (χ0n) is 8.62. The second-order valence-corrected chi connectivity index (χ2v) is 4.93. The van der Waals surface area contributed by atoms with Crippen molar-refractivity contribution in [2.24, 2.45) is 11.7 Å². The fourth-order valence-corrected chi connectivity index (χ4v) is 2.60. The van der Waals surface area contributed by atoms with Crippen molar-refractivity contribution in [3.63, 3.8) is 0 Å². The zero-order chi connectivity index (χ0) is 10.5. The Morgan fingerprint density at radius 1 is 1.40 bits per heavy atom. The van der Waals surface area contributed by atoms with Crippen LogP contribution < -0.4 is 5.73 Å². The lowest BCUT2D eigenvalue weighted by Crippen LogP contribution is -2.32. The molecule has 2 fully saturated rings. The molecule has 1 aliphatic carbocycles. The highest BCUT2D eigenvalue weighted by Gasteiger charge is 2.56. The van der Waals surface area contributed by atoms with Crippen LogP contribution in [-0.2, 0) is 6.54 Å². The fraction of sp³-hybridized carbons (Fsp3) is 0.500. The number of nitrogens with zero attached hydrogens (tertiary/aromatic N) is 1. The normalized spacial score (nSPS) is 34.1. The molecule has 0 aromatic heterocycles. The van der Waals surface area contributed by atoms with Crippen LogP contribution in [0, 0.1) is 11.7 Å². The molecule has 2 aliphatic rings. The van der Waals surface area contributed by atoms with Gasteiger partial charge in [0.25, 0.3) is 0 Å². The van der Waals surface area contributed by atoms with Gasteiger partial charge in [-0.15, -0.1) is 0 Å². The zero-order valence-corrected chi connectivity index (χ0v) is 8.62. The van der Waals surface area contributed by atoms with Crippen molar-refractivity contribution in [1.82, 2.24) is 4.90 Å². The largest absolute Gasteiger partial charge is 0.324 e. The van der Waals surface area contributed by atoms with Crippen molar-refractivity contribution < 1.29 is 4.39 Å². The highest BCUT2D eigenvalue weighted by molar-refractivity contribution is 5.19. The molecule has 2 N–H and O–H groups in total. The molecule has 2 atom stereocenters. The maximum atomic E-state index is 12.7. The molecule has 1 aromatic rings. The van der Waals surface area contributed by atoms with Gasteiger partial charge in [0.15, 0.2) is 0 Å². The van der Waals surface area contributed by atoms with Gasteiger partial charge in [0.2, 0.25) is 0 Å². The number of hydrogen-bond acceptors (Lipinski definition) is 2. The molecule has 3 rings (SSSR count). The van der Waals surface area contributed by atoms with E-state index in [1.54, 1.807) is 0 Å². The number of hydrogen-bond donors (Lipinski definition) is 1. The van der Waals surface area contributed by atoms with Crippen molar-refractivity contribution in [3.8, 4) is 0 Å². The smallest absolute Gasteiger partial charge is 0.123 e. The molecule has 80 valence electrons. The molecular formula is C12H15FN2. The van der Waals surface area contributed by atoms with Crippen molar-refractivity contribution in [2.75, 3.05) is 13.1 Å². The van der Waals surface area contributed by atoms with Crippen LogP contribution in [0.2, 0.25) is 0 Å². The number of fused-ring (bicyclic) bond motifs is 1. The van der Waals surface area contributed by atoms with E-state index in [1.807, 2.05) is 12.1 Å². The second kappa shape index (κ2) is 3.03. The Labute approximate surface area is 88.9 Å². The minimum atomic E-state index is -0.168. The first-order valence-corrected chi connectivity index (χ1v) is 5.41. The van der Waals surface area contributed by atoms with Crippen molar-refractivity contribution in [2.45, 2.75) is 18.5 Å². The summed E-state index contributed by atoms with van der Waals surface area (Å²) in [4.78, 5) is 2.36. The molecular weight excluding hydrogens is 191 g/mol. The van der Waals surface area contributed by atoms with Crippen LogP contribution in [-0.4, -0.2) is 23.5 Å². The van der Waals surface area contributed by atoms with Gasteiger partial charge in [-0.25, -0.2) is 4.39 Å². The molecule has 1 aliphatic heterocycles. The van der Waals surface area contributed by atoms with Crippen LogP contribution in [0.3, 0.4) is 0 Å². The lowest BCUT2D eigenvalue weighted by atomic mass is 10.2. The van der Waals surface area contributed by atoms with E-state index in [0.717, 1.165) is 19.6 Å². The number of piperidine rings is 1. The van der Waals surface area contributed by atoms with Gasteiger partial charge >= 0.3 is 0 Å². The molecule has 0 bridgehead atoms. The van der Waals surface area contributed by atoms with E-state index in [2.05, 4.69) is 4.90 Å². The lowest BCUT2D eigenvalue weighted by Gasteiger charge is -2.18. The van der Waals surface area contributed by atoms with E-state index >= 15 is 0 Å². The molecule has 1 saturated carbocycles. The van der Waals surface area contributed by atoms with E-state index in [1.165, 1.54) is 24.1 Å². The molecule has 0 amide bonds. The van der Waals surface area contributed by atoms with Crippen LogP contribution in [0.15, 0.2) is 24.3 Å². The maximum absolute atomic E-state index is 12.7. The number of nitrogens with two attached hydrogens (primary N) is 1. The highest BCUT2D eigenvalue weighted by atomic mass is 19.1. The summed E-state index contributed by atoms with van der Waals surface area (Å²) in [7, 11) is 0. The van der Waals surface area contributed by atoms with Gasteiger partial charge in [-0.2, -0.15) is 0 Å². The molecule has 15 heavy (non-hydrogen) atoms. The number of rotatable bonds is 2. The summed E-state index contributed by atoms with van der Waals surface area (Å²) in [5.41, 5.74) is 7.40. The molecule has 0 spiro atoms. The predicted octanol–water partition coefficient (Wildman–Crippen LogP) is 1.36. The van der Waals surface area contributed by atoms with Gasteiger partial charge < -0.3 is 5.73 Å². The summed E-state index contributed by atoms with van der Waals surface area (Å²) in [5.74, 6) is 0.538. The van der Waals surface area contributed by atoms with Gasteiger partial charge in [-0.3, -0.25) is 4.90 Å². The van der Waals surface area contributed by atoms with Crippen LogP contribution in [0.4, 0.5) is 4.39 Å². The number of halogens is 1. The van der Waals surface area contributed by atoms with E-state index in [-0.39, 0.29) is 11.4 Å². The summed E-state index contributed by atoms with van der Waals surface area (Å²) >= 11 is 0. The Kier molecular flexibility index (Phi) is 1.88. The topological polar surface area (TPSA) is 29.3 Å². The van der Waals surface area contributed by atoms with Gasteiger partial charge in [0, 0.05) is 25.2 Å². The Hall–Kier alpha value is -0.930. The minimum Gasteiger partial charge on any atom is -0.324 e. The first kappa shape index (κ1) is 9.31. The van der Waals surface area contributed by atoms with E-state index in [0.29, 0.717) is 5.92 Å². The summed E-state index contributed by atoms with van der Waals surface area (Å²) in [6.45, 7) is 3.00. The maximum Gasteiger partial charge on any atom is 0.123 e. The monoisotopic (exact) mass is 206 g/mol. The Bertz CT molecular complexity index is 376. The van der Waals surface area contributed by atoms with Crippen LogP contribution in [0.1, 0.15) is 12.0 Å². The van der Waals surface area contributed by atoms with E-state index in [4.69, 9.17) is 5.73 Å². The Morgan fingerprint density at radius 3 is 2.73 bits per heavy atom. The predicted molar refractivity (Wildman–Crippen MR) is 56.7 cm³/mol. The first-order valence-electron chi connectivity index (χ1n) is 5.41. The Morgan fingerprint density at radius 2 is 2.13 bits per heavy atom. The molecule has 0 unspecified atom stereocenters. The SMILES string of the molecule is N[C@]12C[C@H]1CN(Cc1ccc(F)cc1)C2. The standard InChI is InChI=1S/C12H15FN2/c13-11-3-1-9(2-4-11)6-15-7-10-5-12(10,14)8-15/h1-4,10H,5-8,14H2/t10-,12-/m0/s1.